The molecule has 2 atom stereocenters. The SMILES string of the molecule is COCC(=O)N1c2ccc(N3C[C@H](CNC(C)=O)OC3=O)cc2C[C@H]1C. The molecule has 0 unspecified atom stereocenters. The second-order valence-electron chi connectivity index (χ2n) is 6.62. The second kappa shape index (κ2) is 7.33. The van der Waals surface area contributed by atoms with Crippen molar-refractivity contribution in [2.24, 2.45) is 0 Å². The molecule has 8 heteroatoms. The Kier molecular flexibility index (Phi) is 5.13. The molecular weight excluding hydrogens is 338 g/mol. The van der Waals surface area contributed by atoms with Gasteiger partial charge in [0.25, 0.3) is 5.91 Å². The molecule has 3 amide bonds. The van der Waals surface area contributed by atoms with E-state index in [2.05, 4.69) is 5.32 Å². The normalized spacial score (nSPS) is 21.6. The lowest BCUT2D eigenvalue weighted by molar-refractivity contribution is -0.122. The summed E-state index contributed by atoms with van der Waals surface area (Å²) in [6.07, 6.45) is -0.0892. The monoisotopic (exact) mass is 361 g/mol. The summed E-state index contributed by atoms with van der Waals surface area (Å²) >= 11 is 0. The van der Waals surface area contributed by atoms with Crippen molar-refractivity contribution in [1.82, 2.24) is 5.32 Å². The molecule has 0 aromatic heterocycles. The summed E-state index contributed by atoms with van der Waals surface area (Å²) in [5.74, 6) is -0.241. The van der Waals surface area contributed by atoms with Gasteiger partial charge in [0.2, 0.25) is 5.91 Å². The Bertz CT molecular complexity index is 736. The molecule has 2 aliphatic heterocycles. The Balaban J connectivity index is 1.76. The molecule has 1 aromatic rings. The van der Waals surface area contributed by atoms with E-state index < -0.39 is 6.09 Å². The third kappa shape index (κ3) is 3.50. The number of nitrogens with one attached hydrogen (secondary N) is 1. The maximum Gasteiger partial charge on any atom is 0.414 e. The predicted molar refractivity (Wildman–Crippen MR) is 95.3 cm³/mol. The lowest BCUT2D eigenvalue weighted by Crippen LogP contribution is -2.38. The molecule has 26 heavy (non-hydrogen) atoms. The maximum absolute atomic E-state index is 12.3. The number of nitrogens with zero attached hydrogens (tertiary/aromatic N) is 2. The molecule has 0 saturated carbocycles. The molecule has 8 nitrogen and oxygen atoms in total. The first-order chi connectivity index (χ1) is 12.4. The minimum Gasteiger partial charge on any atom is -0.442 e. The predicted octanol–water partition coefficient (Wildman–Crippen LogP) is 1.07. The number of ether oxygens (including phenoxy) is 2. The van der Waals surface area contributed by atoms with Gasteiger partial charge in [-0.15, -0.1) is 0 Å². The van der Waals surface area contributed by atoms with Crippen LogP contribution >= 0.6 is 0 Å². The van der Waals surface area contributed by atoms with Crippen LogP contribution in [0.2, 0.25) is 0 Å². The molecule has 1 aromatic carbocycles. The number of anilines is 2. The third-order valence-corrected chi connectivity index (χ3v) is 4.58. The Hall–Kier alpha value is -2.61. The topological polar surface area (TPSA) is 88.2 Å². The van der Waals surface area contributed by atoms with Gasteiger partial charge in [0.05, 0.1) is 13.1 Å². The molecule has 1 N–H and O–H groups in total. The zero-order chi connectivity index (χ0) is 18.8. The summed E-state index contributed by atoms with van der Waals surface area (Å²) in [7, 11) is 1.50. The van der Waals surface area contributed by atoms with E-state index in [0.717, 1.165) is 23.4 Å². The zero-order valence-corrected chi connectivity index (χ0v) is 15.2. The van der Waals surface area contributed by atoms with Crippen LogP contribution in [0.3, 0.4) is 0 Å². The number of hydrogen-bond acceptors (Lipinski definition) is 5. The molecule has 0 aliphatic carbocycles. The lowest BCUT2D eigenvalue weighted by atomic mass is 10.1. The number of rotatable bonds is 5. The van der Waals surface area contributed by atoms with Crippen LogP contribution in [0.4, 0.5) is 16.2 Å². The number of benzene rings is 1. The first kappa shape index (κ1) is 18.2. The fourth-order valence-corrected chi connectivity index (χ4v) is 3.45. The van der Waals surface area contributed by atoms with Crippen molar-refractivity contribution < 1.29 is 23.9 Å². The highest BCUT2D eigenvalue weighted by atomic mass is 16.6. The highest BCUT2D eigenvalue weighted by molar-refractivity contribution is 5.98. The average molecular weight is 361 g/mol. The Morgan fingerprint density at radius 1 is 1.38 bits per heavy atom. The van der Waals surface area contributed by atoms with Crippen molar-refractivity contribution in [1.29, 1.82) is 0 Å². The van der Waals surface area contributed by atoms with E-state index in [0.29, 0.717) is 13.1 Å². The highest BCUT2D eigenvalue weighted by Crippen LogP contribution is 2.36. The van der Waals surface area contributed by atoms with Crippen LogP contribution in [0.1, 0.15) is 19.4 Å². The molecule has 2 aliphatic rings. The smallest absolute Gasteiger partial charge is 0.414 e. The van der Waals surface area contributed by atoms with Gasteiger partial charge in [0.1, 0.15) is 12.7 Å². The molecule has 1 saturated heterocycles. The van der Waals surface area contributed by atoms with Crippen LogP contribution < -0.4 is 15.1 Å². The fourth-order valence-electron chi connectivity index (χ4n) is 3.45. The number of hydrogen-bond donors (Lipinski definition) is 1. The summed E-state index contributed by atoms with van der Waals surface area (Å²) in [4.78, 5) is 38.7. The van der Waals surface area contributed by atoms with Crippen LogP contribution in [0.5, 0.6) is 0 Å². The van der Waals surface area contributed by atoms with Gasteiger partial charge in [-0.3, -0.25) is 14.5 Å². The minimum atomic E-state index is -0.432. The van der Waals surface area contributed by atoms with Gasteiger partial charge in [-0.1, -0.05) is 0 Å². The van der Waals surface area contributed by atoms with Crippen LogP contribution in [0, 0.1) is 0 Å². The van der Waals surface area contributed by atoms with Crippen molar-refractivity contribution in [2.75, 3.05) is 36.6 Å². The van der Waals surface area contributed by atoms with E-state index >= 15 is 0 Å². The fraction of sp³-hybridized carbons (Fsp3) is 0.500. The maximum atomic E-state index is 12.3. The van der Waals surface area contributed by atoms with Crippen molar-refractivity contribution in [2.45, 2.75) is 32.4 Å². The summed E-state index contributed by atoms with van der Waals surface area (Å²) in [6, 6.07) is 5.64. The number of cyclic esters (lactones) is 1. The van der Waals surface area contributed by atoms with Crippen molar-refractivity contribution in [3.8, 4) is 0 Å². The van der Waals surface area contributed by atoms with Crippen molar-refractivity contribution in [3.63, 3.8) is 0 Å². The number of fused-ring (bicyclic) bond motifs is 1. The molecule has 140 valence electrons. The standard InChI is InChI=1S/C18H23N3O5/c1-11-6-13-7-14(4-5-16(13)21(11)17(23)10-25-3)20-9-15(26-18(20)24)8-19-12(2)22/h4-5,7,11,15H,6,8-10H2,1-3H3,(H,19,22)/t11-,15+/m1/s1. The van der Waals surface area contributed by atoms with E-state index in [4.69, 9.17) is 9.47 Å². The van der Waals surface area contributed by atoms with Gasteiger partial charge < -0.3 is 19.7 Å². The van der Waals surface area contributed by atoms with Gasteiger partial charge in [0.15, 0.2) is 0 Å². The second-order valence-corrected chi connectivity index (χ2v) is 6.62. The average Bonchev–Trinajstić information content (AvgIpc) is 3.11. The first-order valence-electron chi connectivity index (χ1n) is 8.57. The highest BCUT2D eigenvalue weighted by Gasteiger charge is 2.35. The van der Waals surface area contributed by atoms with Crippen molar-refractivity contribution >= 4 is 29.3 Å². The zero-order valence-electron chi connectivity index (χ0n) is 15.2. The molecule has 2 heterocycles. The molecule has 3 rings (SSSR count). The molecular formula is C18H23N3O5. The summed E-state index contributed by atoms with van der Waals surface area (Å²) in [5.41, 5.74) is 2.59. The quantitative estimate of drug-likeness (QED) is 0.848. The van der Waals surface area contributed by atoms with Crippen LogP contribution in [-0.4, -0.2) is 56.9 Å². The summed E-state index contributed by atoms with van der Waals surface area (Å²) in [6.45, 7) is 4.11. The first-order valence-corrected chi connectivity index (χ1v) is 8.57. The van der Waals surface area contributed by atoms with Crippen LogP contribution in [-0.2, 0) is 25.5 Å². The molecule has 0 spiro atoms. The number of carbonyl (C=O) groups is 3. The Labute approximate surface area is 152 Å². The lowest BCUT2D eigenvalue weighted by Gasteiger charge is -2.22. The number of carbonyl (C=O) groups excluding carboxylic acids is 3. The summed E-state index contributed by atoms with van der Waals surface area (Å²) in [5, 5.41) is 2.66. The van der Waals surface area contributed by atoms with E-state index in [1.165, 1.54) is 14.0 Å². The molecule has 0 bridgehead atoms. The van der Waals surface area contributed by atoms with E-state index in [1.807, 2.05) is 25.1 Å². The van der Waals surface area contributed by atoms with Gasteiger partial charge in [-0.2, -0.15) is 0 Å². The molecule has 0 radical (unpaired) electrons. The number of methoxy groups -OCH3 is 1. The summed E-state index contributed by atoms with van der Waals surface area (Å²) < 4.78 is 10.3. The molecule has 1 fully saturated rings. The minimum absolute atomic E-state index is 0.0365. The van der Waals surface area contributed by atoms with E-state index in [-0.39, 0.29) is 30.6 Å². The van der Waals surface area contributed by atoms with Crippen LogP contribution in [0.25, 0.3) is 0 Å². The Morgan fingerprint density at radius 2 is 2.15 bits per heavy atom. The van der Waals surface area contributed by atoms with Gasteiger partial charge in [0, 0.05) is 31.5 Å². The van der Waals surface area contributed by atoms with E-state index in [1.54, 1.807) is 9.80 Å². The van der Waals surface area contributed by atoms with Gasteiger partial charge >= 0.3 is 6.09 Å². The third-order valence-electron chi connectivity index (χ3n) is 4.58. The Morgan fingerprint density at radius 3 is 2.85 bits per heavy atom. The van der Waals surface area contributed by atoms with E-state index in [9.17, 15) is 14.4 Å². The van der Waals surface area contributed by atoms with Gasteiger partial charge in [-0.25, -0.2) is 4.79 Å². The van der Waals surface area contributed by atoms with Gasteiger partial charge in [-0.05, 0) is 37.1 Å². The number of amides is 3. The van der Waals surface area contributed by atoms with Crippen molar-refractivity contribution in [3.05, 3.63) is 23.8 Å². The van der Waals surface area contributed by atoms with Crippen LogP contribution in [0.15, 0.2) is 18.2 Å². The largest absolute Gasteiger partial charge is 0.442 e.